The number of methoxy groups -OCH3 is 1. The smallest absolute Gasteiger partial charge is 0.232 e. The second-order valence-corrected chi connectivity index (χ2v) is 6.68. The van der Waals surface area contributed by atoms with Crippen molar-refractivity contribution in [2.75, 3.05) is 13.7 Å². The summed E-state index contributed by atoms with van der Waals surface area (Å²) in [6.45, 7) is 2.70. The Labute approximate surface area is 140 Å². The molecule has 23 heavy (non-hydrogen) atoms. The van der Waals surface area contributed by atoms with Crippen LogP contribution in [0.5, 0.6) is 5.88 Å². The molecule has 0 bridgehead atoms. The van der Waals surface area contributed by atoms with Gasteiger partial charge in [0.25, 0.3) is 0 Å². The number of nitrogens with zero attached hydrogens (tertiary/aromatic N) is 4. The van der Waals surface area contributed by atoms with E-state index in [0.717, 1.165) is 37.4 Å². The molecule has 6 heteroatoms. The van der Waals surface area contributed by atoms with E-state index in [2.05, 4.69) is 14.9 Å². The number of pyridine rings is 1. The number of hydrogen-bond acceptors (Lipinski definition) is 5. The summed E-state index contributed by atoms with van der Waals surface area (Å²) in [7, 11) is 1.57. The quantitative estimate of drug-likeness (QED) is 0.862. The minimum absolute atomic E-state index is 0.473. The van der Waals surface area contributed by atoms with Crippen molar-refractivity contribution < 1.29 is 4.74 Å². The van der Waals surface area contributed by atoms with E-state index in [4.69, 9.17) is 21.3 Å². The Morgan fingerprint density at radius 2 is 2.17 bits per heavy atom. The van der Waals surface area contributed by atoms with Crippen LogP contribution in [0.4, 0.5) is 0 Å². The molecular weight excluding hydrogens is 312 g/mol. The highest BCUT2D eigenvalue weighted by Gasteiger charge is 2.28. The van der Waals surface area contributed by atoms with E-state index in [0.29, 0.717) is 16.8 Å². The lowest BCUT2D eigenvalue weighted by atomic mass is 10.1. The molecule has 1 saturated carbocycles. The SMILES string of the molecule is COc1ncc(CN2CCc3nc(C4CC4)ncc3C2)cc1Cl. The van der Waals surface area contributed by atoms with Gasteiger partial charge in [0, 0.05) is 55.6 Å². The van der Waals surface area contributed by atoms with E-state index in [1.165, 1.54) is 24.1 Å². The summed E-state index contributed by atoms with van der Waals surface area (Å²) in [5, 5.41) is 0.555. The zero-order valence-corrected chi connectivity index (χ0v) is 13.9. The first-order chi connectivity index (χ1) is 11.2. The highest BCUT2D eigenvalue weighted by molar-refractivity contribution is 6.31. The molecule has 0 aromatic carbocycles. The van der Waals surface area contributed by atoms with Gasteiger partial charge in [0.1, 0.15) is 10.8 Å². The predicted octanol–water partition coefficient (Wildman–Crippen LogP) is 2.97. The maximum Gasteiger partial charge on any atom is 0.232 e. The van der Waals surface area contributed by atoms with Crippen LogP contribution in [0, 0.1) is 0 Å². The average molecular weight is 331 g/mol. The van der Waals surface area contributed by atoms with Crippen molar-refractivity contribution >= 4 is 11.6 Å². The van der Waals surface area contributed by atoms with Crippen molar-refractivity contribution in [2.45, 2.75) is 38.3 Å². The lowest BCUT2D eigenvalue weighted by molar-refractivity contribution is 0.242. The number of rotatable bonds is 4. The molecule has 3 heterocycles. The van der Waals surface area contributed by atoms with Gasteiger partial charge >= 0.3 is 0 Å². The molecule has 0 radical (unpaired) electrons. The minimum atomic E-state index is 0.473. The molecule has 0 unspecified atom stereocenters. The van der Waals surface area contributed by atoms with Gasteiger partial charge < -0.3 is 4.74 Å². The second-order valence-electron chi connectivity index (χ2n) is 6.27. The van der Waals surface area contributed by atoms with Crippen molar-refractivity contribution in [3.63, 3.8) is 0 Å². The van der Waals surface area contributed by atoms with Crippen LogP contribution in [0.15, 0.2) is 18.5 Å². The van der Waals surface area contributed by atoms with Gasteiger partial charge in [-0.2, -0.15) is 0 Å². The van der Waals surface area contributed by atoms with Gasteiger partial charge in [0.05, 0.1) is 7.11 Å². The van der Waals surface area contributed by atoms with E-state index in [9.17, 15) is 0 Å². The molecule has 2 aliphatic rings. The molecule has 2 aromatic heterocycles. The monoisotopic (exact) mass is 330 g/mol. The Morgan fingerprint density at radius 3 is 2.91 bits per heavy atom. The molecular formula is C17H19ClN4O. The van der Waals surface area contributed by atoms with Crippen LogP contribution in [0.3, 0.4) is 0 Å². The van der Waals surface area contributed by atoms with Crippen molar-refractivity contribution in [1.29, 1.82) is 0 Å². The fourth-order valence-electron chi connectivity index (χ4n) is 3.02. The Bertz CT molecular complexity index is 733. The molecule has 1 aliphatic heterocycles. The Hall–Kier alpha value is -1.72. The first-order valence-electron chi connectivity index (χ1n) is 7.98. The van der Waals surface area contributed by atoms with Gasteiger partial charge in [0.15, 0.2) is 0 Å². The third kappa shape index (κ3) is 3.16. The Balaban J connectivity index is 1.46. The topological polar surface area (TPSA) is 51.1 Å². The zero-order chi connectivity index (χ0) is 15.8. The van der Waals surface area contributed by atoms with E-state index in [1.807, 2.05) is 18.5 Å². The summed E-state index contributed by atoms with van der Waals surface area (Å²) < 4.78 is 5.10. The van der Waals surface area contributed by atoms with Crippen LogP contribution < -0.4 is 4.74 Å². The van der Waals surface area contributed by atoms with Gasteiger partial charge in [-0.15, -0.1) is 0 Å². The van der Waals surface area contributed by atoms with Gasteiger partial charge in [-0.3, -0.25) is 4.90 Å². The van der Waals surface area contributed by atoms with Gasteiger partial charge in [-0.25, -0.2) is 15.0 Å². The van der Waals surface area contributed by atoms with Crippen LogP contribution in [0.25, 0.3) is 0 Å². The van der Waals surface area contributed by atoms with Gasteiger partial charge in [-0.1, -0.05) is 11.6 Å². The standard InChI is InChI=1S/C17H19ClN4O/c1-23-17-14(18)6-11(7-20-17)9-22-5-4-15-13(10-22)8-19-16(21-15)12-2-3-12/h6-8,12H,2-5,9-10H2,1H3. The molecule has 0 atom stereocenters. The summed E-state index contributed by atoms with van der Waals surface area (Å²) in [6.07, 6.45) is 7.31. The zero-order valence-electron chi connectivity index (χ0n) is 13.1. The van der Waals surface area contributed by atoms with Crippen LogP contribution in [-0.4, -0.2) is 33.5 Å². The summed E-state index contributed by atoms with van der Waals surface area (Å²) in [6, 6.07) is 1.93. The second kappa shape index (κ2) is 6.06. The van der Waals surface area contributed by atoms with Crippen LogP contribution in [0.2, 0.25) is 5.02 Å². The fourth-order valence-corrected chi connectivity index (χ4v) is 3.29. The van der Waals surface area contributed by atoms with Gasteiger partial charge in [-0.05, 0) is 24.5 Å². The highest BCUT2D eigenvalue weighted by Crippen LogP contribution is 2.38. The molecule has 1 aliphatic carbocycles. The number of hydrogen-bond donors (Lipinski definition) is 0. The average Bonchev–Trinajstić information content (AvgIpc) is 3.39. The lowest BCUT2D eigenvalue weighted by Crippen LogP contribution is -2.31. The van der Waals surface area contributed by atoms with E-state index < -0.39 is 0 Å². The first kappa shape index (κ1) is 14.8. The molecule has 120 valence electrons. The minimum Gasteiger partial charge on any atom is -0.480 e. The summed E-state index contributed by atoms with van der Waals surface area (Å²) >= 11 is 6.16. The molecule has 5 nitrogen and oxygen atoms in total. The van der Waals surface area contributed by atoms with Crippen molar-refractivity contribution in [1.82, 2.24) is 19.9 Å². The van der Waals surface area contributed by atoms with Crippen molar-refractivity contribution in [2.24, 2.45) is 0 Å². The normalized spacial score (nSPS) is 17.8. The summed E-state index contributed by atoms with van der Waals surface area (Å²) in [4.78, 5) is 15.9. The van der Waals surface area contributed by atoms with Crippen LogP contribution in [0.1, 0.15) is 41.4 Å². The number of halogens is 1. The van der Waals surface area contributed by atoms with Crippen molar-refractivity contribution in [3.8, 4) is 5.88 Å². The number of ether oxygens (including phenoxy) is 1. The molecule has 0 spiro atoms. The summed E-state index contributed by atoms with van der Waals surface area (Å²) in [5.74, 6) is 2.13. The highest BCUT2D eigenvalue weighted by atomic mass is 35.5. The first-order valence-corrected chi connectivity index (χ1v) is 8.36. The van der Waals surface area contributed by atoms with Crippen LogP contribution >= 0.6 is 11.6 Å². The molecule has 0 saturated heterocycles. The molecule has 1 fully saturated rings. The maximum atomic E-state index is 6.16. The number of fused-ring (bicyclic) bond motifs is 1. The van der Waals surface area contributed by atoms with Crippen molar-refractivity contribution in [3.05, 3.63) is 46.1 Å². The lowest BCUT2D eigenvalue weighted by Gasteiger charge is -2.28. The largest absolute Gasteiger partial charge is 0.480 e. The van der Waals surface area contributed by atoms with E-state index in [1.54, 1.807) is 7.11 Å². The van der Waals surface area contributed by atoms with Crippen LogP contribution in [-0.2, 0) is 19.5 Å². The van der Waals surface area contributed by atoms with E-state index in [-0.39, 0.29) is 0 Å². The molecule has 0 N–H and O–H groups in total. The molecule has 2 aromatic rings. The predicted molar refractivity (Wildman–Crippen MR) is 87.6 cm³/mol. The molecule has 4 rings (SSSR count). The maximum absolute atomic E-state index is 6.16. The third-order valence-corrected chi connectivity index (χ3v) is 4.71. The van der Waals surface area contributed by atoms with Gasteiger partial charge in [0.2, 0.25) is 5.88 Å². The third-order valence-electron chi connectivity index (χ3n) is 4.44. The Morgan fingerprint density at radius 1 is 1.30 bits per heavy atom. The fraction of sp³-hybridized carbons (Fsp3) is 0.471. The Kier molecular flexibility index (Phi) is 3.91. The molecule has 0 amide bonds. The van der Waals surface area contributed by atoms with E-state index >= 15 is 0 Å². The number of aromatic nitrogens is 3. The summed E-state index contributed by atoms with van der Waals surface area (Å²) in [5.41, 5.74) is 3.56.